The van der Waals surface area contributed by atoms with Crippen molar-refractivity contribution < 1.29 is 21.5 Å². The van der Waals surface area contributed by atoms with Gasteiger partial charge in [-0.25, -0.2) is 0 Å². The molecule has 0 rings (SSSR count). The number of halogens is 1. The van der Waals surface area contributed by atoms with Crippen molar-refractivity contribution in [1.82, 2.24) is 0 Å². The first-order chi connectivity index (χ1) is 17.2. The second-order valence-electron chi connectivity index (χ2n) is 12.0. The molecule has 0 unspecified atom stereocenters. The molecule has 0 spiro atoms. The van der Waals surface area contributed by atoms with E-state index in [9.17, 15) is 0 Å². The Morgan fingerprint density at radius 1 is 0.250 bits per heavy atom. The van der Waals surface area contributed by atoms with E-state index < -0.39 is 0 Å². The zero-order valence-corrected chi connectivity index (χ0v) is 27.6. The zero-order valence-electron chi connectivity index (χ0n) is 26.0. The van der Waals surface area contributed by atoms with Crippen molar-refractivity contribution in [2.75, 3.05) is 26.2 Å². The Labute approximate surface area is 241 Å². The summed E-state index contributed by atoms with van der Waals surface area (Å²) in [5, 5.41) is 0. The van der Waals surface area contributed by atoms with Crippen molar-refractivity contribution in [3.8, 4) is 0 Å². The second-order valence-corrected chi connectivity index (χ2v) is 12.0. The quantitative estimate of drug-likeness (QED) is 0.0593. The van der Waals surface area contributed by atoms with Crippen molar-refractivity contribution in [2.24, 2.45) is 0 Å². The third-order valence-corrected chi connectivity index (χ3v) is 8.44. The summed E-state index contributed by atoms with van der Waals surface area (Å²) in [6.45, 7) is 15.3. The third-order valence-electron chi connectivity index (χ3n) is 8.44. The molecule has 0 N–H and O–H groups in total. The molecule has 2 heteroatoms. The molecule has 0 saturated carbocycles. The lowest BCUT2D eigenvalue weighted by Gasteiger charge is -2.40. The monoisotopic (exact) mass is 573 g/mol. The number of unbranched alkanes of at least 4 members (excludes halogenated alkanes) is 22. The van der Waals surface area contributed by atoms with Gasteiger partial charge in [0.05, 0.1) is 26.2 Å². The number of hydrogen-bond acceptors (Lipinski definition) is 0. The summed E-state index contributed by atoms with van der Waals surface area (Å²) in [5.74, 6) is 0. The van der Waals surface area contributed by atoms with Crippen LogP contribution in [0.1, 0.15) is 195 Å². The second kappa shape index (κ2) is 31.7. The lowest BCUT2D eigenvalue weighted by Crippen LogP contribution is -3.00. The maximum atomic E-state index is 2.35. The minimum atomic E-state index is 0. The SMILES string of the molecule is CCCCCCCCCC[N+](CCCCCCC)(CCCCCCC)CCCCCCCCCC.[Br-]. The third kappa shape index (κ3) is 26.1. The first-order valence-electron chi connectivity index (χ1n) is 17.1. The van der Waals surface area contributed by atoms with E-state index in [0.29, 0.717) is 0 Å². The van der Waals surface area contributed by atoms with Gasteiger partial charge in [-0.2, -0.15) is 0 Å². The molecule has 0 atom stereocenters. The molecule has 0 aromatic carbocycles. The summed E-state index contributed by atoms with van der Waals surface area (Å²) in [6, 6.07) is 0. The van der Waals surface area contributed by atoms with Gasteiger partial charge in [-0.3, -0.25) is 0 Å². The molecular weight excluding hydrogens is 502 g/mol. The summed E-state index contributed by atoms with van der Waals surface area (Å²) >= 11 is 0. The van der Waals surface area contributed by atoms with E-state index in [1.807, 2.05) is 0 Å². The van der Waals surface area contributed by atoms with Gasteiger partial charge >= 0.3 is 0 Å². The normalized spacial score (nSPS) is 11.7. The van der Waals surface area contributed by atoms with Crippen molar-refractivity contribution >= 4 is 0 Å². The maximum absolute atomic E-state index is 2.35. The molecule has 0 aliphatic rings. The molecule has 0 aromatic rings. The van der Waals surface area contributed by atoms with Gasteiger partial charge in [0.2, 0.25) is 0 Å². The first kappa shape index (κ1) is 38.6. The molecule has 0 aromatic heterocycles. The summed E-state index contributed by atoms with van der Waals surface area (Å²) in [5.41, 5.74) is 0. The van der Waals surface area contributed by atoms with E-state index >= 15 is 0 Å². The Hall–Kier alpha value is 0.440. The van der Waals surface area contributed by atoms with Crippen LogP contribution in [-0.4, -0.2) is 30.7 Å². The van der Waals surface area contributed by atoms with Crippen LogP contribution in [0.5, 0.6) is 0 Å². The molecule has 0 radical (unpaired) electrons. The van der Waals surface area contributed by atoms with E-state index in [2.05, 4.69) is 27.7 Å². The Morgan fingerprint density at radius 2 is 0.417 bits per heavy atom. The highest BCUT2D eigenvalue weighted by atomic mass is 79.9. The van der Waals surface area contributed by atoms with Crippen molar-refractivity contribution in [2.45, 2.75) is 195 Å². The van der Waals surface area contributed by atoms with Gasteiger partial charge in [0.25, 0.3) is 0 Å². The van der Waals surface area contributed by atoms with Crippen LogP contribution in [0.15, 0.2) is 0 Å². The van der Waals surface area contributed by atoms with Gasteiger partial charge in [0, 0.05) is 0 Å². The molecule has 220 valence electrons. The van der Waals surface area contributed by atoms with E-state index in [4.69, 9.17) is 0 Å². The first-order valence-corrected chi connectivity index (χ1v) is 17.1. The zero-order chi connectivity index (χ0) is 25.7. The number of nitrogens with zero attached hydrogens (tertiary/aromatic N) is 1. The standard InChI is InChI=1S/C34H72N.BrH/c1-5-9-13-17-19-21-25-29-33-35(31-27-23-15-11-7-3,32-28-24-16-12-8-4)34-30-26-22-20-18-14-10-6-2;/h5-34H2,1-4H3;1H/q+1;/p-1. The molecule has 0 aliphatic heterocycles. The Balaban J connectivity index is 0. The topological polar surface area (TPSA) is 0 Å². The smallest absolute Gasteiger partial charge is 0.0786 e. The van der Waals surface area contributed by atoms with Crippen LogP contribution in [0.25, 0.3) is 0 Å². The molecular formula is C34H72BrN. The van der Waals surface area contributed by atoms with E-state index in [-0.39, 0.29) is 17.0 Å². The van der Waals surface area contributed by atoms with Crippen LogP contribution in [0, 0.1) is 0 Å². The average Bonchev–Trinajstić information content (AvgIpc) is 2.87. The van der Waals surface area contributed by atoms with Crippen molar-refractivity contribution in [3.05, 3.63) is 0 Å². The summed E-state index contributed by atoms with van der Waals surface area (Å²) in [7, 11) is 0. The number of quaternary nitrogens is 1. The number of hydrogen-bond donors (Lipinski definition) is 0. The number of rotatable bonds is 30. The van der Waals surface area contributed by atoms with Crippen molar-refractivity contribution in [1.29, 1.82) is 0 Å². The van der Waals surface area contributed by atoms with Crippen LogP contribution in [0.3, 0.4) is 0 Å². The van der Waals surface area contributed by atoms with Gasteiger partial charge in [0.15, 0.2) is 0 Å². The van der Waals surface area contributed by atoms with Crippen LogP contribution >= 0.6 is 0 Å². The molecule has 0 aliphatic carbocycles. The molecule has 36 heavy (non-hydrogen) atoms. The summed E-state index contributed by atoms with van der Waals surface area (Å²) < 4.78 is 1.48. The highest BCUT2D eigenvalue weighted by molar-refractivity contribution is 4.55. The van der Waals surface area contributed by atoms with Gasteiger partial charge < -0.3 is 21.5 Å². The van der Waals surface area contributed by atoms with Gasteiger partial charge in [-0.05, 0) is 51.4 Å². The molecule has 0 amide bonds. The van der Waals surface area contributed by atoms with Gasteiger partial charge in [-0.15, -0.1) is 0 Å². The Kier molecular flexibility index (Phi) is 33.9. The van der Waals surface area contributed by atoms with Gasteiger partial charge in [0.1, 0.15) is 0 Å². The fraction of sp³-hybridized carbons (Fsp3) is 1.00. The minimum absolute atomic E-state index is 0. The molecule has 0 fully saturated rings. The fourth-order valence-corrected chi connectivity index (χ4v) is 5.93. The van der Waals surface area contributed by atoms with Crippen LogP contribution in [0.2, 0.25) is 0 Å². The average molecular weight is 575 g/mol. The van der Waals surface area contributed by atoms with Crippen LogP contribution < -0.4 is 17.0 Å². The lowest BCUT2D eigenvalue weighted by atomic mass is 10.0. The largest absolute Gasteiger partial charge is 1.00 e. The highest BCUT2D eigenvalue weighted by Crippen LogP contribution is 2.21. The van der Waals surface area contributed by atoms with E-state index in [1.165, 1.54) is 198 Å². The van der Waals surface area contributed by atoms with E-state index in [1.54, 1.807) is 0 Å². The predicted molar refractivity (Wildman–Crippen MR) is 162 cm³/mol. The minimum Gasteiger partial charge on any atom is -1.00 e. The van der Waals surface area contributed by atoms with Crippen molar-refractivity contribution in [3.63, 3.8) is 0 Å². The Morgan fingerprint density at radius 3 is 0.611 bits per heavy atom. The predicted octanol–water partition coefficient (Wildman–Crippen LogP) is 9.03. The van der Waals surface area contributed by atoms with Gasteiger partial charge in [-0.1, -0.05) is 143 Å². The fourth-order valence-electron chi connectivity index (χ4n) is 5.93. The van der Waals surface area contributed by atoms with Crippen LogP contribution in [0.4, 0.5) is 0 Å². The van der Waals surface area contributed by atoms with E-state index in [0.717, 1.165) is 0 Å². The molecule has 0 heterocycles. The summed E-state index contributed by atoms with van der Waals surface area (Å²) in [6.07, 6.45) is 37.8. The van der Waals surface area contributed by atoms with Crippen LogP contribution in [-0.2, 0) is 0 Å². The Bertz CT molecular complexity index is 347. The summed E-state index contributed by atoms with van der Waals surface area (Å²) in [4.78, 5) is 0. The highest BCUT2D eigenvalue weighted by Gasteiger charge is 2.25. The molecule has 1 nitrogen and oxygen atoms in total. The molecule has 0 saturated heterocycles. The lowest BCUT2D eigenvalue weighted by molar-refractivity contribution is -0.929. The molecule has 0 bridgehead atoms. The maximum Gasteiger partial charge on any atom is 0.0786 e.